The second-order valence-electron chi connectivity index (χ2n) is 6.71. The summed E-state index contributed by atoms with van der Waals surface area (Å²) >= 11 is 0. The molecule has 1 aliphatic rings. The second kappa shape index (κ2) is 6.75. The smallest absolute Gasteiger partial charge is 0.0742 e. The summed E-state index contributed by atoms with van der Waals surface area (Å²) in [6.45, 7) is 13.0. The Hall–Kier alpha value is -0.300. The Morgan fingerprint density at radius 2 is 2.06 bits per heavy atom. The summed E-state index contributed by atoms with van der Waals surface area (Å²) in [5, 5.41) is 11.3. The third-order valence-corrected chi connectivity index (χ3v) is 4.89. The van der Waals surface area contributed by atoms with Crippen LogP contribution in [-0.2, 0) is 0 Å². The maximum absolute atomic E-state index is 11.3. The molecule has 0 bridgehead atoms. The van der Waals surface area contributed by atoms with Crippen LogP contribution in [0.1, 0.15) is 66.2 Å². The molecule has 1 fully saturated rings. The van der Waals surface area contributed by atoms with Gasteiger partial charge in [0, 0.05) is 5.92 Å². The molecule has 1 saturated carbocycles. The van der Waals surface area contributed by atoms with Gasteiger partial charge in [0.2, 0.25) is 0 Å². The van der Waals surface area contributed by atoms with E-state index in [4.69, 9.17) is 0 Å². The fourth-order valence-corrected chi connectivity index (χ4v) is 3.86. The lowest BCUT2D eigenvalue weighted by atomic mass is 9.61. The molecule has 1 aliphatic carbocycles. The summed E-state index contributed by atoms with van der Waals surface area (Å²) in [5.41, 5.74) is -0.511. The zero-order chi connectivity index (χ0) is 13.8. The van der Waals surface area contributed by atoms with Gasteiger partial charge in [-0.25, -0.2) is 0 Å². The van der Waals surface area contributed by atoms with Crippen molar-refractivity contribution in [2.75, 3.05) is 0 Å². The first-order valence-corrected chi connectivity index (χ1v) is 7.80. The predicted molar refractivity (Wildman–Crippen MR) is 79.5 cm³/mol. The van der Waals surface area contributed by atoms with Gasteiger partial charge < -0.3 is 5.11 Å². The minimum Gasteiger partial charge on any atom is -0.389 e. The molecule has 0 amide bonds. The van der Waals surface area contributed by atoms with Crippen molar-refractivity contribution in [2.45, 2.75) is 71.8 Å². The topological polar surface area (TPSA) is 20.2 Å². The average Bonchev–Trinajstić information content (AvgIpc) is 2.29. The van der Waals surface area contributed by atoms with E-state index in [2.05, 4.69) is 34.3 Å². The standard InChI is InChI=1S/C17H32O/c1-6-8-9-15(7-2)17(18)12-14(5)10-11-16(17)13(3)4/h7,13-16,18H,2,6,8-12H2,1,3-5H3/t14-,15-,16-,17+/m1/s1. The Labute approximate surface area is 114 Å². The van der Waals surface area contributed by atoms with E-state index in [1.807, 2.05) is 6.08 Å². The summed E-state index contributed by atoms with van der Waals surface area (Å²) in [4.78, 5) is 0. The Balaban J connectivity index is 2.89. The van der Waals surface area contributed by atoms with Crippen LogP contribution in [0.2, 0.25) is 0 Å². The molecule has 0 heterocycles. The summed E-state index contributed by atoms with van der Waals surface area (Å²) in [6, 6.07) is 0. The lowest BCUT2D eigenvalue weighted by molar-refractivity contribution is -0.111. The number of aliphatic hydroxyl groups is 1. The minimum atomic E-state index is -0.511. The van der Waals surface area contributed by atoms with E-state index in [9.17, 15) is 5.11 Å². The van der Waals surface area contributed by atoms with Gasteiger partial charge in [-0.05, 0) is 37.0 Å². The van der Waals surface area contributed by atoms with Gasteiger partial charge in [0.15, 0.2) is 0 Å². The van der Waals surface area contributed by atoms with Crippen LogP contribution >= 0.6 is 0 Å². The molecule has 0 saturated heterocycles. The van der Waals surface area contributed by atoms with Crippen molar-refractivity contribution >= 4 is 0 Å². The molecule has 106 valence electrons. The Bertz CT molecular complexity index is 258. The first-order chi connectivity index (χ1) is 8.45. The Morgan fingerprint density at radius 3 is 2.56 bits per heavy atom. The molecule has 1 nitrogen and oxygen atoms in total. The SMILES string of the molecule is C=C[C@H](CCCC)[C@@]1(O)C[C@H](C)CC[C@@H]1C(C)C. The Morgan fingerprint density at radius 1 is 1.39 bits per heavy atom. The minimum absolute atomic E-state index is 0.271. The van der Waals surface area contributed by atoms with Crippen LogP contribution in [0, 0.1) is 23.7 Å². The third kappa shape index (κ3) is 3.38. The monoisotopic (exact) mass is 252 g/mol. The van der Waals surface area contributed by atoms with E-state index in [-0.39, 0.29) is 5.92 Å². The largest absolute Gasteiger partial charge is 0.389 e. The number of rotatable bonds is 6. The van der Waals surface area contributed by atoms with Gasteiger partial charge in [0.25, 0.3) is 0 Å². The van der Waals surface area contributed by atoms with Crippen LogP contribution in [-0.4, -0.2) is 10.7 Å². The molecule has 0 aliphatic heterocycles. The molecular formula is C17H32O. The second-order valence-corrected chi connectivity index (χ2v) is 6.71. The summed E-state index contributed by atoms with van der Waals surface area (Å²) in [5.74, 6) is 1.92. The molecule has 1 N–H and O–H groups in total. The predicted octanol–water partition coefficient (Wildman–Crippen LogP) is 4.80. The van der Waals surface area contributed by atoms with Crippen LogP contribution in [0.5, 0.6) is 0 Å². The van der Waals surface area contributed by atoms with E-state index < -0.39 is 5.60 Å². The number of unbranched alkanes of at least 4 members (excludes halogenated alkanes) is 1. The van der Waals surface area contributed by atoms with Crippen molar-refractivity contribution in [1.82, 2.24) is 0 Å². The molecule has 0 aromatic rings. The van der Waals surface area contributed by atoms with Gasteiger partial charge in [-0.3, -0.25) is 0 Å². The fourth-order valence-electron chi connectivity index (χ4n) is 3.86. The lowest BCUT2D eigenvalue weighted by Gasteiger charge is -2.48. The van der Waals surface area contributed by atoms with Crippen molar-refractivity contribution in [3.63, 3.8) is 0 Å². The highest BCUT2D eigenvalue weighted by Gasteiger charge is 2.46. The van der Waals surface area contributed by atoms with Crippen LogP contribution in [0.3, 0.4) is 0 Å². The number of hydrogen-bond donors (Lipinski definition) is 1. The van der Waals surface area contributed by atoms with Crippen molar-refractivity contribution < 1.29 is 5.11 Å². The normalized spacial score (nSPS) is 34.6. The van der Waals surface area contributed by atoms with Gasteiger partial charge in [0.1, 0.15) is 0 Å². The molecule has 0 aromatic heterocycles. The van der Waals surface area contributed by atoms with E-state index in [1.165, 1.54) is 25.7 Å². The van der Waals surface area contributed by atoms with E-state index in [0.29, 0.717) is 17.8 Å². The molecule has 0 radical (unpaired) electrons. The van der Waals surface area contributed by atoms with Gasteiger partial charge in [-0.15, -0.1) is 6.58 Å². The van der Waals surface area contributed by atoms with Crippen LogP contribution < -0.4 is 0 Å². The zero-order valence-corrected chi connectivity index (χ0v) is 12.8. The Kier molecular flexibility index (Phi) is 5.91. The molecule has 1 heteroatoms. The highest BCUT2D eigenvalue weighted by Crippen LogP contribution is 2.46. The third-order valence-electron chi connectivity index (χ3n) is 4.89. The molecule has 0 aromatic carbocycles. The highest BCUT2D eigenvalue weighted by molar-refractivity contribution is 5.03. The van der Waals surface area contributed by atoms with E-state index in [1.54, 1.807) is 0 Å². The number of hydrogen-bond acceptors (Lipinski definition) is 1. The molecule has 1 rings (SSSR count). The van der Waals surface area contributed by atoms with Crippen LogP contribution in [0.15, 0.2) is 12.7 Å². The average molecular weight is 252 g/mol. The summed E-state index contributed by atoms with van der Waals surface area (Å²) in [7, 11) is 0. The van der Waals surface area contributed by atoms with Crippen LogP contribution in [0.4, 0.5) is 0 Å². The van der Waals surface area contributed by atoms with E-state index >= 15 is 0 Å². The molecular weight excluding hydrogens is 220 g/mol. The van der Waals surface area contributed by atoms with Gasteiger partial charge in [-0.1, -0.05) is 53.0 Å². The van der Waals surface area contributed by atoms with Crippen molar-refractivity contribution in [3.8, 4) is 0 Å². The fraction of sp³-hybridized carbons (Fsp3) is 0.882. The summed E-state index contributed by atoms with van der Waals surface area (Å²) in [6.07, 6.45) is 8.89. The maximum Gasteiger partial charge on any atom is 0.0742 e. The van der Waals surface area contributed by atoms with E-state index in [0.717, 1.165) is 12.8 Å². The van der Waals surface area contributed by atoms with Crippen molar-refractivity contribution in [3.05, 3.63) is 12.7 Å². The molecule has 18 heavy (non-hydrogen) atoms. The molecule has 0 spiro atoms. The lowest BCUT2D eigenvalue weighted by Crippen LogP contribution is -2.50. The molecule has 0 unspecified atom stereocenters. The highest BCUT2D eigenvalue weighted by atomic mass is 16.3. The molecule has 4 atom stereocenters. The van der Waals surface area contributed by atoms with Crippen LogP contribution in [0.25, 0.3) is 0 Å². The summed E-state index contributed by atoms with van der Waals surface area (Å²) < 4.78 is 0. The quantitative estimate of drug-likeness (QED) is 0.673. The van der Waals surface area contributed by atoms with Gasteiger partial charge in [0.05, 0.1) is 5.60 Å². The first-order valence-electron chi connectivity index (χ1n) is 7.80. The van der Waals surface area contributed by atoms with Gasteiger partial charge in [-0.2, -0.15) is 0 Å². The van der Waals surface area contributed by atoms with Crippen molar-refractivity contribution in [2.24, 2.45) is 23.7 Å². The zero-order valence-electron chi connectivity index (χ0n) is 12.8. The first kappa shape index (κ1) is 15.8. The van der Waals surface area contributed by atoms with Crippen molar-refractivity contribution in [1.29, 1.82) is 0 Å². The van der Waals surface area contributed by atoms with Gasteiger partial charge >= 0.3 is 0 Å². The maximum atomic E-state index is 11.3.